The van der Waals surface area contributed by atoms with Gasteiger partial charge < -0.3 is 14.6 Å². The average molecular weight is 425 g/mol. The van der Waals surface area contributed by atoms with Crippen LogP contribution in [-0.2, 0) is 6.42 Å². The van der Waals surface area contributed by atoms with Gasteiger partial charge in [-0.2, -0.15) is 0 Å². The van der Waals surface area contributed by atoms with Crippen LogP contribution in [0.15, 0.2) is 47.3 Å². The first-order chi connectivity index (χ1) is 14.6. The van der Waals surface area contributed by atoms with E-state index < -0.39 is 0 Å². The van der Waals surface area contributed by atoms with Crippen LogP contribution in [0.25, 0.3) is 10.2 Å². The molecule has 4 rings (SSSR count). The first-order valence-corrected chi connectivity index (χ1v) is 11.5. The van der Waals surface area contributed by atoms with Crippen LogP contribution in [0, 0.1) is 5.92 Å². The lowest BCUT2D eigenvalue weighted by Crippen LogP contribution is -2.36. The quantitative estimate of drug-likeness (QED) is 0.427. The minimum Gasteiger partial charge on any atom is -0.497 e. The lowest BCUT2D eigenvalue weighted by molar-refractivity contribution is 0.0839. The number of hydrogen-bond acceptors (Lipinski definition) is 5. The summed E-state index contributed by atoms with van der Waals surface area (Å²) in [7, 11) is 1.64. The van der Waals surface area contributed by atoms with Gasteiger partial charge in [-0.05, 0) is 93.7 Å². The van der Waals surface area contributed by atoms with Crippen molar-refractivity contribution in [2.75, 3.05) is 26.7 Å². The maximum absolute atomic E-state index is 12.7. The topological polar surface area (TPSA) is 62.4 Å². The molecule has 0 aliphatic carbocycles. The Morgan fingerprint density at radius 1 is 1.13 bits per heavy atom. The number of rotatable bonds is 8. The molecule has 1 saturated heterocycles. The van der Waals surface area contributed by atoms with E-state index in [0.29, 0.717) is 0 Å². The zero-order valence-electron chi connectivity index (χ0n) is 17.4. The fourth-order valence-electron chi connectivity index (χ4n) is 4.22. The Bertz CT molecular complexity index is 1050. The fraction of sp³-hybridized carbons (Fsp3) is 0.417. The van der Waals surface area contributed by atoms with Crippen LogP contribution >= 0.6 is 11.3 Å². The third-order valence-corrected chi connectivity index (χ3v) is 6.85. The van der Waals surface area contributed by atoms with E-state index in [-0.39, 0.29) is 16.6 Å². The summed E-state index contributed by atoms with van der Waals surface area (Å²) in [5.74, 6) is 1.18. The summed E-state index contributed by atoms with van der Waals surface area (Å²) >= 11 is 1.28. The van der Waals surface area contributed by atoms with E-state index in [1.165, 1.54) is 16.9 Å². The highest BCUT2D eigenvalue weighted by Crippen LogP contribution is 2.23. The second-order valence-corrected chi connectivity index (χ2v) is 9.03. The van der Waals surface area contributed by atoms with Gasteiger partial charge in [0.05, 0.1) is 17.3 Å². The van der Waals surface area contributed by atoms with Gasteiger partial charge in [-0.15, -0.1) is 0 Å². The van der Waals surface area contributed by atoms with E-state index in [0.717, 1.165) is 73.3 Å². The highest BCUT2D eigenvalue weighted by molar-refractivity contribution is 7.16. The summed E-state index contributed by atoms with van der Waals surface area (Å²) in [6.45, 7) is 3.08. The van der Waals surface area contributed by atoms with Crippen LogP contribution in [0.5, 0.6) is 5.75 Å². The highest BCUT2D eigenvalue weighted by atomic mass is 32.1. The summed E-state index contributed by atoms with van der Waals surface area (Å²) in [4.78, 5) is 29.5. The zero-order chi connectivity index (χ0) is 20.9. The van der Waals surface area contributed by atoms with Gasteiger partial charge in [-0.25, -0.2) is 0 Å². The van der Waals surface area contributed by atoms with E-state index in [1.807, 2.05) is 30.3 Å². The number of ether oxygens (including phenoxy) is 1. The number of aromatic nitrogens is 1. The van der Waals surface area contributed by atoms with Crippen molar-refractivity contribution in [2.24, 2.45) is 5.92 Å². The molecule has 5 nitrogen and oxygen atoms in total. The number of aromatic amines is 1. The van der Waals surface area contributed by atoms with E-state index >= 15 is 0 Å². The monoisotopic (exact) mass is 424 g/mol. The fourth-order valence-corrected chi connectivity index (χ4v) is 5.02. The van der Waals surface area contributed by atoms with Crippen LogP contribution in [0.3, 0.4) is 0 Å². The molecule has 0 saturated carbocycles. The van der Waals surface area contributed by atoms with Gasteiger partial charge >= 0.3 is 4.87 Å². The number of piperidine rings is 1. The van der Waals surface area contributed by atoms with Gasteiger partial charge in [-0.3, -0.25) is 9.59 Å². The number of hydrogen-bond donors (Lipinski definition) is 1. The number of nitrogens with one attached hydrogen (secondary N) is 1. The number of unbranched alkanes of at least 4 members (excludes halogenated alkanes) is 1. The lowest BCUT2D eigenvalue weighted by atomic mass is 9.89. The molecule has 0 bridgehead atoms. The first kappa shape index (κ1) is 20.8. The van der Waals surface area contributed by atoms with Crippen LogP contribution in [0.4, 0.5) is 0 Å². The number of carbonyl (C=O) groups excluding carboxylic acids is 1. The normalized spacial score (nSPS) is 15.5. The number of Topliss-reactive ketones (excluding diaryl/α,β-unsaturated/α-hetero) is 1. The molecule has 0 unspecified atom stereocenters. The van der Waals surface area contributed by atoms with Gasteiger partial charge in [0.25, 0.3) is 0 Å². The number of thiazole rings is 1. The largest absolute Gasteiger partial charge is 0.497 e. The Labute approximate surface area is 180 Å². The number of H-pyrrole nitrogens is 1. The molecule has 3 aromatic rings. The second kappa shape index (κ2) is 9.58. The third kappa shape index (κ3) is 4.99. The molecule has 1 aliphatic rings. The molecule has 0 radical (unpaired) electrons. The Hall–Kier alpha value is -2.44. The molecule has 6 heteroatoms. The molecule has 1 N–H and O–H groups in total. The Morgan fingerprint density at radius 3 is 2.63 bits per heavy atom. The van der Waals surface area contributed by atoms with Crippen LogP contribution in [0.1, 0.15) is 41.6 Å². The van der Waals surface area contributed by atoms with E-state index in [1.54, 1.807) is 7.11 Å². The Morgan fingerprint density at radius 2 is 1.90 bits per heavy atom. The van der Waals surface area contributed by atoms with Crippen molar-refractivity contribution in [1.82, 2.24) is 9.88 Å². The van der Waals surface area contributed by atoms with Crippen molar-refractivity contribution < 1.29 is 9.53 Å². The number of fused-ring (bicyclic) bond motifs is 1. The van der Waals surface area contributed by atoms with E-state index in [9.17, 15) is 9.59 Å². The molecular formula is C24H28N2O3S. The molecule has 1 fully saturated rings. The van der Waals surface area contributed by atoms with Crippen molar-refractivity contribution in [3.8, 4) is 5.75 Å². The Balaban J connectivity index is 1.19. The number of nitrogens with zero attached hydrogens (tertiary/aromatic N) is 1. The van der Waals surface area contributed by atoms with Crippen LogP contribution < -0.4 is 9.61 Å². The number of benzene rings is 2. The molecule has 1 aliphatic heterocycles. The van der Waals surface area contributed by atoms with Crippen molar-refractivity contribution in [3.63, 3.8) is 0 Å². The maximum atomic E-state index is 12.7. The SMILES string of the molecule is COc1ccc(C(=O)C2CCN(CCCCc3ccc4[nH]c(=O)sc4c3)CC2)cc1. The summed E-state index contributed by atoms with van der Waals surface area (Å²) in [6.07, 6.45) is 5.20. The molecular weight excluding hydrogens is 396 g/mol. The molecule has 0 amide bonds. The predicted octanol–water partition coefficient (Wildman–Crippen LogP) is 4.52. The molecule has 0 spiro atoms. The van der Waals surface area contributed by atoms with Crippen LogP contribution in [-0.4, -0.2) is 42.4 Å². The van der Waals surface area contributed by atoms with Crippen LogP contribution in [0.2, 0.25) is 0 Å². The molecule has 1 aromatic heterocycles. The first-order valence-electron chi connectivity index (χ1n) is 10.6. The predicted molar refractivity (Wildman–Crippen MR) is 122 cm³/mol. The summed E-state index contributed by atoms with van der Waals surface area (Å²) in [5.41, 5.74) is 3.01. The number of likely N-dealkylation sites (tertiary alicyclic amines) is 1. The molecule has 0 atom stereocenters. The Kier molecular flexibility index (Phi) is 6.65. The second-order valence-electron chi connectivity index (χ2n) is 8.01. The van der Waals surface area contributed by atoms with Gasteiger partial charge in [0, 0.05) is 11.5 Å². The highest BCUT2D eigenvalue weighted by Gasteiger charge is 2.25. The molecule has 158 valence electrons. The summed E-state index contributed by atoms with van der Waals surface area (Å²) < 4.78 is 6.21. The third-order valence-electron chi connectivity index (χ3n) is 6.01. The van der Waals surface area contributed by atoms with Gasteiger partial charge in [-0.1, -0.05) is 17.4 Å². The molecule has 2 heterocycles. The van der Waals surface area contributed by atoms with E-state index in [4.69, 9.17) is 4.74 Å². The smallest absolute Gasteiger partial charge is 0.305 e. The average Bonchev–Trinajstić information content (AvgIpc) is 3.16. The van der Waals surface area contributed by atoms with Crippen molar-refractivity contribution in [3.05, 3.63) is 63.3 Å². The maximum Gasteiger partial charge on any atom is 0.305 e. The number of aryl methyl sites for hydroxylation is 1. The van der Waals surface area contributed by atoms with Gasteiger partial charge in [0.2, 0.25) is 0 Å². The summed E-state index contributed by atoms with van der Waals surface area (Å²) in [5, 5.41) is 0. The van der Waals surface area contributed by atoms with Gasteiger partial charge in [0.15, 0.2) is 5.78 Å². The molecule has 2 aromatic carbocycles. The number of methoxy groups -OCH3 is 1. The standard InChI is InChI=1S/C24H28N2O3S/c1-29-20-8-6-18(7-9-20)23(27)19-11-14-26(15-12-19)13-3-2-4-17-5-10-21-22(16-17)30-24(28)25-21/h5-10,16,19H,2-4,11-15H2,1H3,(H,25,28). The van der Waals surface area contributed by atoms with Crippen molar-refractivity contribution in [2.45, 2.75) is 32.1 Å². The lowest BCUT2D eigenvalue weighted by Gasteiger charge is -2.31. The van der Waals surface area contributed by atoms with Gasteiger partial charge in [0.1, 0.15) is 5.75 Å². The zero-order valence-corrected chi connectivity index (χ0v) is 18.2. The minimum absolute atomic E-state index is 0.0102. The number of ketones is 1. The molecule has 30 heavy (non-hydrogen) atoms. The number of carbonyl (C=O) groups is 1. The van der Waals surface area contributed by atoms with E-state index in [2.05, 4.69) is 22.0 Å². The van der Waals surface area contributed by atoms with Crippen molar-refractivity contribution >= 4 is 27.3 Å². The van der Waals surface area contributed by atoms with Crippen molar-refractivity contribution in [1.29, 1.82) is 0 Å². The summed E-state index contributed by atoms with van der Waals surface area (Å²) in [6, 6.07) is 13.7. The minimum atomic E-state index is 0.0102.